The van der Waals surface area contributed by atoms with E-state index in [2.05, 4.69) is 45.2 Å². The lowest BCUT2D eigenvalue weighted by molar-refractivity contribution is -0.136. The summed E-state index contributed by atoms with van der Waals surface area (Å²) in [6.07, 6.45) is 2.02. The molecule has 1 aromatic carbocycles. The van der Waals surface area contributed by atoms with Gasteiger partial charge in [0.25, 0.3) is 0 Å². The van der Waals surface area contributed by atoms with Gasteiger partial charge in [-0.3, -0.25) is 4.79 Å². The molecule has 0 unspecified atom stereocenters. The van der Waals surface area contributed by atoms with Crippen LogP contribution in [-0.2, 0) is 17.8 Å². The first-order valence-corrected chi connectivity index (χ1v) is 8.56. The van der Waals surface area contributed by atoms with Gasteiger partial charge in [0, 0.05) is 32.6 Å². The molecule has 1 atom stereocenters. The van der Waals surface area contributed by atoms with Crippen LogP contribution in [0.3, 0.4) is 0 Å². The number of aromatic nitrogens is 2. The number of nitrogens with zero attached hydrogens (tertiary/aromatic N) is 4. The topological polar surface area (TPSA) is 49.3 Å². The standard InChI is InChI=1S/C19H22N4O/c1-13-20-17(18-8-10-23(18)14(2)24)11-19(21-13)22-9-7-15-5-3-4-6-16(15)12-22/h3-6,11,18H,7-10,12H2,1-2H3/t18-/m1/s1. The Hall–Kier alpha value is -2.43. The fourth-order valence-corrected chi connectivity index (χ4v) is 3.67. The average Bonchev–Trinajstić information content (AvgIpc) is 2.52. The van der Waals surface area contributed by atoms with Crippen LogP contribution in [-0.4, -0.2) is 33.9 Å². The minimum atomic E-state index is 0.111. The number of hydrogen-bond donors (Lipinski definition) is 0. The quantitative estimate of drug-likeness (QED) is 0.853. The second-order valence-corrected chi connectivity index (χ2v) is 6.66. The van der Waals surface area contributed by atoms with Crippen LogP contribution in [0.5, 0.6) is 0 Å². The lowest BCUT2D eigenvalue weighted by atomic mass is 9.98. The molecule has 0 saturated carbocycles. The van der Waals surface area contributed by atoms with Gasteiger partial charge >= 0.3 is 0 Å². The van der Waals surface area contributed by atoms with Gasteiger partial charge in [-0.15, -0.1) is 0 Å². The van der Waals surface area contributed by atoms with Crippen LogP contribution >= 0.6 is 0 Å². The number of aryl methyl sites for hydroxylation is 1. The summed E-state index contributed by atoms with van der Waals surface area (Å²) in [5.74, 6) is 1.87. The molecule has 0 aliphatic carbocycles. The van der Waals surface area contributed by atoms with E-state index in [9.17, 15) is 4.79 Å². The van der Waals surface area contributed by atoms with Crippen LogP contribution in [0.25, 0.3) is 0 Å². The highest BCUT2D eigenvalue weighted by atomic mass is 16.2. The lowest BCUT2D eigenvalue weighted by Crippen LogP contribution is -2.44. The third-order valence-electron chi connectivity index (χ3n) is 5.06. The van der Waals surface area contributed by atoms with Crippen molar-refractivity contribution in [2.75, 3.05) is 18.0 Å². The predicted octanol–water partition coefficient (Wildman–Crippen LogP) is 2.64. The summed E-state index contributed by atoms with van der Waals surface area (Å²) in [5.41, 5.74) is 3.77. The van der Waals surface area contributed by atoms with Crippen molar-refractivity contribution in [1.29, 1.82) is 0 Å². The maximum Gasteiger partial charge on any atom is 0.220 e. The Kier molecular flexibility index (Phi) is 3.71. The van der Waals surface area contributed by atoms with Gasteiger partial charge in [-0.2, -0.15) is 0 Å². The van der Waals surface area contributed by atoms with Gasteiger partial charge in [0.15, 0.2) is 0 Å². The number of hydrogen-bond acceptors (Lipinski definition) is 4. The SMILES string of the molecule is CC(=O)N1CC[C@@H]1c1cc(N2CCc3ccccc3C2)nc(C)n1. The number of carbonyl (C=O) groups is 1. The fourth-order valence-electron chi connectivity index (χ4n) is 3.67. The first kappa shape index (κ1) is 15.1. The lowest BCUT2D eigenvalue weighted by Gasteiger charge is -2.40. The Morgan fingerprint density at radius 3 is 2.67 bits per heavy atom. The summed E-state index contributed by atoms with van der Waals surface area (Å²) in [6.45, 7) is 6.24. The van der Waals surface area contributed by atoms with Gasteiger partial charge in [0.05, 0.1) is 11.7 Å². The first-order valence-electron chi connectivity index (χ1n) is 8.56. The van der Waals surface area contributed by atoms with E-state index in [4.69, 9.17) is 0 Å². The molecule has 124 valence electrons. The van der Waals surface area contributed by atoms with Crippen molar-refractivity contribution in [2.45, 2.75) is 39.3 Å². The largest absolute Gasteiger partial charge is 0.352 e. The molecule has 5 heteroatoms. The summed E-state index contributed by atoms with van der Waals surface area (Å²) in [5, 5.41) is 0. The zero-order chi connectivity index (χ0) is 16.7. The molecule has 1 fully saturated rings. The van der Waals surface area contributed by atoms with Gasteiger partial charge in [0.1, 0.15) is 11.6 Å². The van der Waals surface area contributed by atoms with Crippen molar-refractivity contribution in [3.8, 4) is 0 Å². The van der Waals surface area contributed by atoms with E-state index in [1.54, 1.807) is 6.92 Å². The van der Waals surface area contributed by atoms with Gasteiger partial charge < -0.3 is 9.80 Å². The Morgan fingerprint density at radius 1 is 1.17 bits per heavy atom. The van der Waals surface area contributed by atoms with Gasteiger partial charge in [0.2, 0.25) is 5.91 Å². The smallest absolute Gasteiger partial charge is 0.220 e. The second-order valence-electron chi connectivity index (χ2n) is 6.66. The number of anilines is 1. The Labute approximate surface area is 142 Å². The monoisotopic (exact) mass is 322 g/mol. The van der Waals surface area contributed by atoms with Crippen molar-refractivity contribution < 1.29 is 4.79 Å². The van der Waals surface area contributed by atoms with Gasteiger partial charge in [-0.25, -0.2) is 9.97 Å². The Morgan fingerprint density at radius 2 is 1.96 bits per heavy atom. The zero-order valence-electron chi connectivity index (χ0n) is 14.2. The second kappa shape index (κ2) is 5.89. The molecule has 1 saturated heterocycles. The highest BCUT2D eigenvalue weighted by Gasteiger charge is 2.33. The third-order valence-corrected chi connectivity index (χ3v) is 5.06. The van der Waals surface area contributed by atoms with E-state index in [-0.39, 0.29) is 11.9 Å². The molecule has 0 N–H and O–H groups in total. The molecule has 1 aromatic heterocycles. The van der Waals surface area contributed by atoms with Crippen LogP contribution in [0, 0.1) is 6.92 Å². The van der Waals surface area contributed by atoms with Crippen LogP contribution < -0.4 is 4.90 Å². The number of amides is 1. The van der Waals surface area contributed by atoms with E-state index >= 15 is 0 Å². The highest BCUT2D eigenvalue weighted by Crippen LogP contribution is 2.34. The maximum absolute atomic E-state index is 11.7. The van der Waals surface area contributed by atoms with Crippen molar-refractivity contribution in [1.82, 2.24) is 14.9 Å². The number of fused-ring (bicyclic) bond motifs is 1. The fraction of sp³-hybridized carbons (Fsp3) is 0.421. The molecular weight excluding hydrogens is 300 g/mol. The first-order chi connectivity index (χ1) is 11.6. The number of likely N-dealkylation sites (tertiary alicyclic amines) is 1. The van der Waals surface area contributed by atoms with E-state index in [0.717, 1.165) is 49.8 Å². The van der Waals surface area contributed by atoms with Crippen molar-refractivity contribution in [3.63, 3.8) is 0 Å². The van der Waals surface area contributed by atoms with Crippen molar-refractivity contribution in [3.05, 3.63) is 53.0 Å². The molecule has 24 heavy (non-hydrogen) atoms. The van der Waals surface area contributed by atoms with Crippen LogP contribution in [0.4, 0.5) is 5.82 Å². The van der Waals surface area contributed by atoms with Gasteiger partial charge in [-0.1, -0.05) is 24.3 Å². The molecule has 2 aliphatic heterocycles. The predicted molar refractivity (Wildman–Crippen MR) is 92.7 cm³/mol. The third kappa shape index (κ3) is 2.64. The molecule has 3 heterocycles. The Balaban J connectivity index is 1.62. The molecule has 0 bridgehead atoms. The van der Waals surface area contributed by atoms with Crippen LogP contribution in [0.15, 0.2) is 30.3 Å². The van der Waals surface area contributed by atoms with E-state index in [1.165, 1.54) is 11.1 Å². The molecule has 1 amide bonds. The number of rotatable bonds is 2. The summed E-state index contributed by atoms with van der Waals surface area (Å²) in [6, 6.07) is 10.8. The molecule has 0 spiro atoms. The van der Waals surface area contributed by atoms with E-state index in [0.29, 0.717) is 0 Å². The highest BCUT2D eigenvalue weighted by molar-refractivity contribution is 5.74. The minimum absolute atomic E-state index is 0.111. The summed E-state index contributed by atoms with van der Waals surface area (Å²) in [7, 11) is 0. The maximum atomic E-state index is 11.7. The summed E-state index contributed by atoms with van der Waals surface area (Å²) < 4.78 is 0. The van der Waals surface area contributed by atoms with Crippen LogP contribution in [0.1, 0.15) is 42.0 Å². The van der Waals surface area contributed by atoms with Crippen molar-refractivity contribution in [2.24, 2.45) is 0 Å². The van der Waals surface area contributed by atoms with Gasteiger partial charge in [-0.05, 0) is 30.9 Å². The van der Waals surface area contributed by atoms with Crippen LogP contribution in [0.2, 0.25) is 0 Å². The Bertz CT molecular complexity index is 789. The molecule has 2 aliphatic rings. The molecule has 5 nitrogen and oxygen atoms in total. The van der Waals surface area contributed by atoms with E-state index < -0.39 is 0 Å². The zero-order valence-corrected chi connectivity index (χ0v) is 14.2. The molecule has 0 radical (unpaired) electrons. The number of carbonyl (C=O) groups excluding carboxylic acids is 1. The van der Waals surface area contributed by atoms with E-state index in [1.807, 2.05) is 11.8 Å². The minimum Gasteiger partial charge on any atom is -0.352 e. The van der Waals surface area contributed by atoms with Crippen molar-refractivity contribution >= 4 is 11.7 Å². The molecular formula is C19H22N4O. The molecule has 2 aromatic rings. The summed E-state index contributed by atoms with van der Waals surface area (Å²) in [4.78, 5) is 25.1. The molecule has 4 rings (SSSR count). The normalized spacial score (nSPS) is 19.7. The summed E-state index contributed by atoms with van der Waals surface area (Å²) >= 11 is 0. The number of benzene rings is 1. The average molecular weight is 322 g/mol.